The maximum Gasteiger partial charge on any atom is 0.273 e. The highest BCUT2D eigenvalue weighted by Crippen LogP contribution is 2.34. The first-order valence-corrected chi connectivity index (χ1v) is 10.5. The predicted molar refractivity (Wildman–Crippen MR) is 124 cm³/mol. The lowest BCUT2D eigenvalue weighted by Crippen LogP contribution is -2.48. The zero-order valence-corrected chi connectivity index (χ0v) is 19.2. The molecule has 0 spiro atoms. The van der Waals surface area contributed by atoms with Crippen LogP contribution in [0.15, 0.2) is 36.4 Å². The van der Waals surface area contributed by atoms with Crippen LogP contribution in [0.25, 0.3) is 10.2 Å². The smallest absolute Gasteiger partial charge is 0.273 e. The van der Waals surface area contributed by atoms with Gasteiger partial charge in [0.1, 0.15) is 6.61 Å². The molecule has 160 valence electrons. The average molecular weight is 448 g/mol. The molecule has 1 aliphatic heterocycles. The van der Waals surface area contributed by atoms with Gasteiger partial charge >= 0.3 is 0 Å². The van der Waals surface area contributed by atoms with Crippen molar-refractivity contribution in [3.8, 4) is 11.5 Å². The molecular weight excluding hydrogens is 422 g/mol. The fraction of sp³-hybridized carbons (Fsp3) is 0.364. The number of carbonyl (C=O) groups excluding carboxylic acids is 1. The Balaban J connectivity index is 0.00000256. The highest BCUT2D eigenvalue weighted by Gasteiger charge is 2.33. The number of hydrogen-bond donors (Lipinski definition) is 0. The highest BCUT2D eigenvalue weighted by atomic mass is 35.5. The second-order valence-corrected chi connectivity index (χ2v) is 8.57. The summed E-state index contributed by atoms with van der Waals surface area (Å²) in [6.45, 7) is 5.62. The number of fused-ring (bicyclic) bond motifs is 2. The molecule has 1 aromatic heterocycles. The predicted octanol–water partition coefficient (Wildman–Crippen LogP) is 4.07. The van der Waals surface area contributed by atoms with Crippen LogP contribution in [-0.4, -0.2) is 55.7 Å². The Morgan fingerprint density at radius 2 is 1.83 bits per heavy atom. The minimum Gasteiger partial charge on any atom is -0.485 e. The molecule has 0 fully saturated rings. The Morgan fingerprint density at radius 1 is 1.13 bits per heavy atom. The van der Waals surface area contributed by atoms with Gasteiger partial charge < -0.3 is 14.4 Å². The van der Waals surface area contributed by atoms with E-state index >= 15 is 0 Å². The van der Waals surface area contributed by atoms with E-state index in [1.54, 1.807) is 4.90 Å². The van der Waals surface area contributed by atoms with E-state index < -0.39 is 6.10 Å². The standard InChI is InChI=1S/C22H25N3O3S.ClH/c1-14-11-16-20(12-15(14)2)29-22(23-16)25(10-9-24(3)4)21(26)19-13-27-17-7-5-6-8-18(17)28-19;/h5-8,11-12,19H,9-10,13H2,1-4H3;1H. The van der Waals surface area contributed by atoms with Gasteiger partial charge in [-0.2, -0.15) is 0 Å². The summed E-state index contributed by atoms with van der Waals surface area (Å²) in [5.74, 6) is 1.14. The van der Waals surface area contributed by atoms with Gasteiger partial charge in [0.2, 0.25) is 6.10 Å². The average Bonchev–Trinajstić information content (AvgIpc) is 3.10. The van der Waals surface area contributed by atoms with Gasteiger partial charge in [0, 0.05) is 13.1 Å². The van der Waals surface area contributed by atoms with Crippen molar-refractivity contribution in [2.75, 3.05) is 38.7 Å². The van der Waals surface area contributed by atoms with Crippen molar-refractivity contribution in [3.05, 3.63) is 47.5 Å². The molecule has 30 heavy (non-hydrogen) atoms. The number of thiazole rings is 1. The SMILES string of the molecule is Cc1cc2nc(N(CCN(C)C)C(=O)C3COc4ccccc4O3)sc2cc1C.Cl. The Labute approximate surface area is 186 Å². The van der Waals surface area contributed by atoms with E-state index in [4.69, 9.17) is 14.5 Å². The van der Waals surface area contributed by atoms with E-state index in [0.717, 1.165) is 16.8 Å². The van der Waals surface area contributed by atoms with Crippen molar-refractivity contribution in [3.63, 3.8) is 0 Å². The summed E-state index contributed by atoms with van der Waals surface area (Å²) in [6.07, 6.45) is -0.692. The molecule has 4 rings (SSSR count). The number of para-hydroxylation sites is 2. The van der Waals surface area contributed by atoms with Crippen LogP contribution in [0, 0.1) is 13.8 Å². The summed E-state index contributed by atoms with van der Waals surface area (Å²) in [6, 6.07) is 11.6. The number of ether oxygens (including phenoxy) is 2. The van der Waals surface area contributed by atoms with Gasteiger partial charge in [0.05, 0.1) is 10.2 Å². The number of likely N-dealkylation sites (N-methyl/N-ethyl adjacent to an activating group) is 1. The molecule has 0 N–H and O–H groups in total. The van der Waals surface area contributed by atoms with Gasteiger partial charge in [-0.1, -0.05) is 23.5 Å². The van der Waals surface area contributed by atoms with Crippen LogP contribution in [0.5, 0.6) is 11.5 Å². The van der Waals surface area contributed by atoms with Crippen molar-refractivity contribution >= 4 is 45.0 Å². The van der Waals surface area contributed by atoms with Crippen LogP contribution in [0.4, 0.5) is 5.13 Å². The summed E-state index contributed by atoms with van der Waals surface area (Å²) in [4.78, 5) is 21.9. The van der Waals surface area contributed by atoms with Gasteiger partial charge in [-0.3, -0.25) is 9.69 Å². The highest BCUT2D eigenvalue weighted by molar-refractivity contribution is 7.22. The molecule has 0 saturated carbocycles. The van der Waals surface area contributed by atoms with E-state index in [0.29, 0.717) is 23.2 Å². The molecule has 2 aromatic carbocycles. The molecule has 3 aromatic rings. The van der Waals surface area contributed by atoms with E-state index in [9.17, 15) is 4.79 Å². The normalized spacial score (nSPS) is 15.2. The first-order valence-electron chi connectivity index (χ1n) is 9.65. The minimum atomic E-state index is -0.692. The maximum absolute atomic E-state index is 13.4. The topological polar surface area (TPSA) is 54.9 Å². The quantitative estimate of drug-likeness (QED) is 0.590. The third kappa shape index (κ3) is 4.53. The van der Waals surface area contributed by atoms with Crippen LogP contribution >= 0.6 is 23.7 Å². The second-order valence-electron chi connectivity index (χ2n) is 7.56. The van der Waals surface area contributed by atoms with Gasteiger partial charge in [-0.15, -0.1) is 12.4 Å². The molecule has 8 heteroatoms. The van der Waals surface area contributed by atoms with Crippen molar-refractivity contribution < 1.29 is 14.3 Å². The largest absolute Gasteiger partial charge is 0.485 e. The lowest BCUT2D eigenvalue weighted by Gasteiger charge is -2.30. The van der Waals surface area contributed by atoms with E-state index in [1.165, 1.54) is 22.5 Å². The van der Waals surface area contributed by atoms with Crippen molar-refractivity contribution in [1.29, 1.82) is 0 Å². The number of aryl methyl sites for hydroxylation is 2. The number of aromatic nitrogens is 1. The summed E-state index contributed by atoms with van der Waals surface area (Å²) >= 11 is 1.54. The number of halogens is 1. The van der Waals surface area contributed by atoms with Gasteiger partial charge in [-0.05, 0) is 63.3 Å². The minimum absolute atomic E-state index is 0. The molecule has 6 nitrogen and oxygen atoms in total. The number of anilines is 1. The summed E-state index contributed by atoms with van der Waals surface area (Å²) in [7, 11) is 3.98. The molecular formula is C22H26ClN3O3S. The third-order valence-electron chi connectivity index (χ3n) is 5.04. The number of amides is 1. The van der Waals surface area contributed by atoms with Crippen molar-refractivity contribution in [1.82, 2.24) is 9.88 Å². The molecule has 0 saturated heterocycles. The maximum atomic E-state index is 13.4. The summed E-state index contributed by atoms with van der Waals surface area (Å²) < 4.78 is 12.8. The van der Waals surface area contributed by atoms with Crippen molar-refractivity contribution in [2.24, 2.45) is 0 Å². The summed E-state index contributed by atoms with van der Waals surface area (Å²) in [5.41, 5.74) is 3.34. The lowest BCUT2D eigenvalue weighted by molar-refractivity contribution is -0.127. The Morgan fingerprint density at radius 3 is 2.57 bits per heavy atom. The molecule has 1 amide bonds. The number of nitrogens with zero attached hydrogens (tertiary/aromatic N) is 3. The van der Waals surface area contributed by atoms with Gasteiger partial charge in [-0.25, -0.2) is 4.98 Å². The first-order chi connectivity index (χ1) is 13.9. The van der Waals surface area contributed by atoms with Crippen LogP contribution in [-0.2, 0) is 4.79 Å². The fourth-order valence-electron chi connectivity index (χ4n) is 3.20. The van der Waals surface area contributed by atoms with Crippen LogP contribution in [0.3, 0.4) is 0 Å². The molecule has 0 bridgehead atoms. The van der Waals surface area contributed by atoms with E-state index in [-0.39, 0.29) is 24.9 Å². The zero-order valence-electron chi connectivity index (χ0n) is 17.5. The first kappa shape index (κ1) is 22.3. The van der Waals surface area contributed by atoms with Crippen LogP contribution in [0.1, 0.15) is 11.1 Å². The molecule has 1 unspecified atom stereocenters. The number of benzene rings is 2. The van der Waals surface area contributed by atoms with E-state index in [1.807, 2.05) is 38.4 Å². The Bertz CT molecular complexity index is 1010. The molecule has 0 aliphatic carbocycles. The third-order valence-corrected chi connectivity index (χ3v) is 6.09. The van der Waals surface area contributed by atoms with Gasteiger partial charge in [0.15, 0.2) is 16.6 Å². The van der Waals surface area contributed by atoms with Crippen LogP contribution in [0.2, 0.25) is 0 Å². The second kappa shape index (κ2) is 9.20. The number of carbonyl (C=O) groups is 1. The Kier molecular flexibility index (Phi) is 6.85. The molecule has 2 heterocycles. The van der Waals surface area contributed by atoms with Crippen LogP contribution < -0.4 is 14.4 Å². The van der Waals surface area contributed by atoms with Crippen molar-refractivity contribution in [2.45, 2.75) is 20.0 Å². The Hall–Kier alpha value is -2.35. The van der Waals surface area contributed by atoms with E-state index in [2.05, 4.69) is 30.9 Å². The number of hydrogen-bond acceptors (Lipinski definition) is 6. The fourth-order valence-corrected chi connectivity index (χ4v) is 4.28. The summed E-state index contributed by atoms with van der Waals surface area (Å²) in [5, 5.41) is 0.694. The van der Waals surface area contributed by atoms with Gasteiger partial charge in [0.25, 0.3) is 5.91 Å². The number of rotatable bonds is 5. The monoisotopic (exact) mass is 447 g/mol. The lowest BCUT2D eigenvalue weighted by atomic mass is 10.1. The molecule has 1 atom stereocenters. The molecule has 1 aliphatic rings. The zero-order chi connectivity index (χ0) is 20.5. The molecule has 0 radical (unpaired) electrons.